The predicted octanol–water partition coefficient (Wildman–Crippen LogP) is 4.73. The first-order valence-corrected chi connectivity index (χ1v) is 10.6. The molecule has 0 spiro atoms. The van der Waals surface area contributed by atoms with Crippen LogP contribution in [0.4, 0.5) is 9.59 Å². The molecule has 0 saturated heterocycles. The average molecular weight is 418 g/mol. The Morgan fingerprint density at radius 1 is 0.793 bits per heavy atom. The molecular weight excluding hydrogens is 374 g/mol. The summed E-state index contributed by atoms with van der Waals surface area (Å²) in [6, 6.07) is -0.970. The SMILES string of the molecule is CC(C)CC[C@H](O)[C@@H](O)[C@H](CC(C)C)N(C(=O)OC(C)(C)C)C(=O)OC(C)(C)C. The van der Waals surface area contributed by atoms with Crippen LogP contribution in [-0.2, 0) is 9.47 Å². The zero-order chi connectivity index (χ0) is 23.2. The number of hydrogen-bond acceptors (Lipinski definition) is 6. The van der Waals surface area contributed by atoms with Gasteiger partial charge in [0.1, 0.15) is 17.3 Å². The van der Waals surface area contributed by atoms with Crippen LogP contribution >= 0.6 is 0 Å². The van der Waals surface area contributed by atoms with Crippen LogP contribution in [0.5, 0.6) is 0 Å². The molecule has 0 aliphatic heterocycles. The topological polar surface area (TPSA) is 96.3 Å². The van der Waals surface area contributed by atoms with Gasteiger partial charge in [0.25, 0.3) is 0 Å². The van der Waals surface area contributed by atoms with Crippen molar-refractivity contribution in [2.45, 2.75) is 118 Å². The summed E-state index contributed by atoms with van der Waals surface area (Å²) in [5, 5.41) is 21.4. The second kappa shape index (κ2) is 11.2. The fourth-order valence-corrected chi connectivity index (χ4v) is 2.78. The van der Waals surface area contributed by atoms with Gasteiger partial charge in [-0.05, 0) is 72.6 Å². The van der Waals surface area contributed by atoms with Gasteiger partial charge in [0.2, 0.25) is 0 Å². The first kappa shape index (κ1) is 27.7. The van der Waals surface area contributed by atoms with Crippen molar-refractivity contribution in [3.8, 4) is 0 Å². The molecule has 0 bridgehead atoms. The van der Waals surface area contributed by atoms with Gasteiger partial charge in [0.05, 0.1) is 12.1 Å². The van der Waals surface area contributed by atoms with Crippen molar-refractivity contribution in [1.29, 1.82) is 0 Å². The summed E-state index contributed by atoms with van der Waals surface area (Å²) in [6.45, 7) is 18.1. The maximum Gasteiger partial charge on any atom is 0.420 e. The Bertz CT molecular complexity index is 490. The number of ether oxygens (including phenoxy) is 2. The van der Waals surface area contributed by atoms with E-state index in [9.17, 15) is 19.8 Å². The number of carbonyl (C=O) groups excluding carboxylic acids is 2. The number of aliphatic hydroxyl groups is 2. The molecule has 0 aliphatic carbocycles. The minimum Gasteiger partial charge on any atom is -0.443 e. The van der Waals surface area contributed by atoms with Gasteiger partial charge in [-0.1, -0.05) is 27.7 Å². The number of hydrogen-bond donors (Lipinski definition) is 2. The molecule has 0 aromatic heterocycles. The molecule has 0 aromatic rings. The van der Waals surface area contributed by atoms with Crippen LogP contribution in [0.1, 0.15) is 88.5 Å². The van der Waals surface area contributed by atoms with E-state index in [1.165, 1.54) is 0 Å². The van der Waals surface area contributed by atoms with E-state index in [1.54, 1.807) is 41.5 Å². The molecule has 172 valence electrons. The summed E-state index contributed by atoms with van der Waals surface area (Å²) in [5.41, 5.74) is -1.66. The Morgan fingerprint density at radius 3 is 1.52 bits per heavy atom. The van der Waals surface area contributed by atoms with Crippen molar-refractivity contribution >= 4 is 12.2 Å². The van der Waals surface area contributed by atoms with Gasteiger partial charge in [0.15, 0.2) is 0 Å². The van der Waals surface area contributed by atoms with E-state index in [4.69, 9.17) is 9.47 Å². The first-order valence-electron chi connectivity index (χ1n) is 10.6. The summed E-state index contributed by atoms with van der Waals surface area (Å²) >= 11 is 0. The predicted molar refractivity (Wildman–Crippen MR) is 114 cm³/mol. The minimum absolute atomic E-state index is 0.0549. The van der Waals surface area contributed by atoms with Crippen LogP contribution in [0.3, 0.4) is 0 Å². The Balaban J connectivity index is 5.93. The second-order valence-electron chi connectivity index (χ2n) is 10.6. The van der Waals surface area contributed by atoms with Crippen LogP contribution in [0.2, 0.25) is 0 Å². The standard InChI is InChI=1S/C22H43NO6/c1-14(2)11-12-17(24)18(25)16(13-15(3)4)23(19(26)28-21(5,6)7)20(27)29-22(8,9)10/h14-18,24-25H,11-13H2,1-10H3/t16-,17-,18-/m0/s1. The molecule has 0 unspecified atom stereocenters. The van der Waals surface area contributed by atoms with E-state index < -0.39 is 41.6 Å². The van der Waals surface area contributed by atoms with Crippen molar-refractivity contribution in [2.75, 3.05) is 0 Å². The first-order chi connectivity index (χ1) is 12.9. The van der Waals surface area contributed by atoms with E-state index in [2.05, 4.69) is 0 Å². The van der Waals surface area contributed by atoms with Crippen molar-refractivity contribution in [3.63, 3.8) is 0 Å². The highest BCUT2D eigenvalue weighted by molar-refractivity contribution is 5.88. The fraction of sp³-hybridized carbons (Fsp3) is 0.909. The lowest BCUT2D eigenvalue weighted by Gasteiger charge is -2.37. The third-order valence-electron chi connectivity index (χ3n) is 4.05. The minimum atomic E-state index is -1.31. The molecule has 0 rings (SSSR count). The third kappa shape index (κ3) is 11.4. The Labute approximate surface area is 176 Å². The Hall–Kier alpha value is -1.34. The van der Waals surface area contributed by atoms with Gasteiger partial charge in [-0.2, -0.15) is 0 Å². The molecular formula is C22H43NO6. The zero-order valence-corrected chi connectivity index (χ0v) is 20.0. The lowest BCUT2D eigenvalue weighted by molar-refractivity contribution is -0.0605. The van der Waals surface area contributed by atoms with Crippen LogP contribution in [0, 0.1) is 11.8 Å². The zero-order valence-electron chi connectivity index (χ0n) is 20.0. The quantitative estimate of drug-likeness (QED) is 0.592. The van der Waals surface area contributed by atoms with Gasteiger partial charge in [0, 0.05) is 0 Å². The van der Waals surface area contributed by atoms with Crippen LogP contribution in [0.25, 0.3) is 0 Å². The monoisotopic (exact) mass is 417 g/mol. The van der Waals surface area contributed by atoms with Crippen molar-refractivity contribution in [3.05, 3.63) is 0 Å². The van der Waals surface area contributed by atoms with Gasteiger partial charge in [-0.15, -0.1) is 0 Å². The molecule has 0 fully saturated rings. The number of amides is 2. The molecule has 7 nitrogen and oxygen atoms in total. The highest BCUT2D eigenvalue weighted by Crippen LogP contribution is 2.25. The molecule has 0 radical (unpaired) electrons. The number of rotatable bonds is 8. The molecule has 0 saturated carbocycles. The molecule has 0 aromatic carbocycles. The van der Waals surface area contributed by atoms with Gasteiger partial charge >= 0.3 is 12.2 Å². The molecule has 2 N–H and O–H groups in total. The average Bonchev–Trinajstić information content (AvgIpc) is 2.47. The fourth-order valence-electron chi connectivity index (χ4n) is 2.78. The number of aliphatic hydroxyl groups excluding tert-OH is 2. The van der Waals surface area contributed by atoms with Crippen molar-refractivity contribution in [1.82, 2.24) is 4.90 Å². The Morgan fingerprint density at radius 2 is 1.21 bits per heavy atom. The molecule has 0 heterocycles. The summed E-state index contributed by atoms with van der Waals surface area (Å²) in [5.74, 6) is 0.410. The lowest BCUT2D eigenvalue weighted by atomic mass is 9.92. The maximum atomic E-state index is 12.9. The van der Waals surface area contributed by atoms with Crippen molar-refractivity contribution in [2.24, 2.45) is 11.8 Å². The number of nitrogens with zero attached hydrogens (tertiary/aromatic N) is 1. The summed E-state index contributed by atoms with van der Waals surface area (Å²) in [6.07, 6.45) is -2.79. The van der Waals surface area contributed by atoms with Crippen molar-refractivity contribution < 1.29 is 29.3 Å². The number of imide groups is 1. The van der Waals surface area contributed by atoms with Crippen LogP contribution < -0.4 is 0 Å². The maximum absolute atomic E-state index is 12.9. The van der Waals surface area contributed by atoms with Crippen LogP contribution in [0.15, 0.2) is 0 Å². The number of carbonyl (C=O) groups is 2. The Kier molecular flexibility index (Phi) is 10.6. The smallest absolute Gasteiger partial charge is 0.420 e. The second-order valence-corrected chi connectivity index (χ2v) is 10.6. The molecule has 0 aliphatic rings. The molecule has 29 heavy (non-hydrogen) atoms. The van der Waals surface area contributed by atoms with E-state index in [0.29, 0.717) is 25.2 Å². The molecule has 7 heteroatoms. The largest absolute Gasteiger partial charge is 0.443 e. The van der Waals surface area contributed by atoms with E-state index in [1.807, 2.05) is 27.7 Å². The van der Waals surface area contributed by atoms with E-state index in [-0.39, 0.29) is 5.92 Å². The molecule has 3 atom stereocenters. The third-order valence-corrected chi connectivity index (χ3v) is 4.05. The van der Waals surface area contributed by atoms with Crippen LogP contribution in [-0.4, -0.2) is 56.8 Å². The highest BCUT2D eigenvalue weighted by atomic mass is 16.6. The molecule has 2 amide bonds. The van der Waals surface area contributed by atoms with Gasteiger partial charge in [-0.3, -0.25) is 0 Å². The lowest BCUT2D eigenvalue weighted by Crippen LogP contribution is -2.56. The van der Waals surface area contributed by atoms with Gasteiger partial charge in [-0.25, -0.2) is 14.5 Å². The highest BCUT2D eigenvalue weighted by Gasteiger charge is 2.42. The normalized spacial score (nSPS) is 15.8. The van der Waals surface area contributed by atoms with Gasteiger partial charge < -0.3 is 19.7 Å². The summed E-state index contributed by atoms with van der Waals surface area (Å²) in [7, 11) is 0. The van der Waals surface area contributed by atoms with E-state index in [0.717, 1.165) is 4.90 Å². The van der Waals surface area contributed by atoms with E-state index >= 15 is 0 Å². The summed E-state index contributed by atoms with van der Waals surface area (Å²) in [4.78, 5) is 26.7. The summed E-state index contributed by atoms with van der Waals surface area (Å²) < 4.78 is 10.8.